The van der Waals surface area contributed by atoms with E-state index in [-0.39, 0.29) is 5.91 Å². The molecule has 1 N–H and O–H groups in total. The molecule has 0 bridgehead atoms. The lowest BCUT2D eigenvalue weighted by atomic mass is 10.2. The molecule has 31 heavy (non-hydrogen) atoms. The highest BCUT2D eigenvalue weighted by atomic mass is 32.1. The van der Waals surface area contributed by atoms with Gasteiger partial charge in [-0.2, -0.15) is 0 Å². The predicted octanol–water partition coefficient (Wildman–Crippen LogP) is 4.44. The Morgan fingerprint density at radius 2 is 1.81 bits per heavy atom. The number of pyridine rings is 2. The zero-order valence-corrected chi connectivity index (χ0v) is 17.3. The molecule has 4 heterocycles. The quantitative estimate of drug-likeness (QED) is 0.434. The Balaban J connectivity index is 1.41. The lowest BCUT2D eigenvalue weighted by Gasteiger charge is -2.09. The van der Waals surface area contributed by atoms with Gasteiger partial charge < -0.3 is 4.57 Å². The maximum absolute atomic E-state index is 12.9. The van der Waals surface area contributed by atoms with Gasteiger partial charge in [-0.15, -0.1) is 11.3 Å². The summed E-state index contributed by atoms with van der Waals surface area (Å²) in [6.45, 7) is 0.645. The lowest BCUT2D eigenvalue weighted by Crippen LogP contribution is -2.17. The summed E-state index contributed by atoms with van der Waals surface area (Å²) >= 11 is 1.42. The molecule has 0 saturated carbocycles. The van der Waals surface area contributed by atoms with Gasteiger partial charge in [0.1, 0.15) is 10.7 Å². The van der Waals surface area contributed by atoms with Crippen molar-refractivity contribution in [2.45, 2.75) is 13.0 Å². The number of nitrogens with one attached hydrogen (secondary N) is 1. The number of aromatic nitrogens is 5. The lowest BCUT2D eigenvalue weighted by molar-refractivity contribution is 0.102. The Bertz CT molecular complexity index is 1330. The van der Waals surface area contributed by atoms with Crippen LogP contribution in [0.5, 0.6) is 0 Å². The maximum Gasteiger partial charge on any atom is 0.277 e. The second-order valence-corrected chi connectivity index (χ2v) is 7.73. The van der Waals surface area contributed by atoms with E-state index in [1.165, 1.54) is 11.3 Å². The van der Waals surface area contributed by atoms with E-state index in [0.717, 1.165) is 33.7 Å². The number of hydrogen-bond acceptors (Lipinski definition) is 6. The highest BCUT2D eigenvalue weighted by Crippen LogP contribution is 2.24. The molecule has 0 aliphatic rings. The van der Waals surface area contributed by atoms with E-state index in [0.29, 0.717) is 18.2 Å². The number of thiazole rings is 1. The summed E-state index contributed by atoms with van der Waals surface area (Å²) in [4.78, 5) is 30.5. The Labute approximate surface area is 182 Å². The summed E-state index contributed by atoms with van der Waals surface area (Å²) in [5, 5.41) is 5.47. The average molecular weight is 427 g/mol. The van der Waals surface area contributed by atoms with E-state index < -0.39 is 0 Å². The fourth-order valence-corrected chi connectivity index (χ4v) is 4.15. The third-order valence-corrected chi connectivity index (χ3v) is 5.75. The van der Waals surface area contributed by atoms with Gasteiger partial charge in [0.05, 0.1) is 11.0 Å². The number of amides is 1. The first-order chi connectivity index (χ1) is 15.3. The summed E-state index contributed by atoms with van der Waals surface area (Å²) in [5.41, 5.74) is 4.07. The van der Waals surface area contributed by atoms with Gasteiger partial charge in [-0.3, -0.25) is 20.1 Å². The number of aryl methyl sites for hydroxylation is 2. The molecule has 152 valence electrons. The summed E-state index contributed by atoms with van der Waals surface area (Å²) in [6, 6.07) is 17.4. The van der Waals surface area contributed by atoms with Crippen molar-refractivity contribution >= 4 is 34.2 Å². The number of carbonyl (C=O) groups excluding carboxylic acids is 1. The van der Waals surface area contributed by atoms with Crippen molar-refractivity contribution in [3.8, 4) is 10.6 Å². The Morgan fingerprint density at radius 1 is 0.968 bits per heavy atom. The van der Waals surface area contributed by atoms with Gasteiger partial charge in [0.2, 0.25) is 5.95 Å². The fourth-order valence-electron chi connectivity index (χ4n) is 3.34. The van der Waals surface area contributed by atoms with Gasteiger partial charge in [0, 0.05) is 48.2 Å². The molecule has 0 radical (unpaired) electrons. The first kappa shape index (κ1) is 19.1. The fraction of sp³-hybridized carbons (Fsp3) is 0.0870. The van der Waals surface area contributed by atoms with Crippen LogP contribution in [0.25, 0.3) is 21.6 Å². The van der Waals surface area contributed by atoms with Crippen molar-refractivity contribution in [1.29, 1.82) is 0 Å². The summed E-state index contributed by atoms with van der Waals surface area (Å²) in [7, 11) is 0. The number of benzene rings is 1. The van der Waals surface area contributed by atoms with Crippen LogP contribution >= 0.6 is 11.3 Å². The van der Waals surface area contributed by atoms with Gasteiger partial charge >= 0.3 is 0 Å². The summed E-state index contributed by atoms with van der Waals surface area (Å²) in [6.07, 6.45) is 5.93. The second-order valence-electron chi connectivity index (χ2n) is 6.87. The number of para-hydroxylation sites is 2. The van der Waals surface area contributed by atoms with Crippen LogP contribution in [0.3, 0.4) is 0 Å². The molecule has 0 aliphatic carbocycles. The number of anilines is 1. The molecule has 5 rings (SSSR count). The van der Waals surface area contributed by atoms with Crippen LogP contribution in [0.4, 0.5) is 5.95 Å². The van der Waals surface area contributed by atoms with Gasteiger partial charge in [-0.25, -0.2) is 9.97 Å². The van der Waals surface area contributed by atoms with Crippen molar-refractivity contribution in [3.05, 3.63) is 90.0 Å². The normalized spacial score (nSPS) is 11.0. The van der Waals surface area contributed by atoms with E-state index >= 15 is 0 Å². The van der Waals surface area contributed by atoms with E-state index in [1.807, 2.05) is 59.2 Å². The molecule has 0 saturated heterocycles. The molecular formula is C23H18N6OS. The Morgan fingerprint density at radius 3 is 2.65 bits per heavy atom. The number of rotatable bonds is 6. The van der Waals surface area contributed by atoms with E-state index in [1.54, 1.807) is 24.0 Å². The second kappa shape index (κ2) is 8.45. The number of nitrogens with zero attached hydrogens (tertiary/aromatic N) is 5. The first-order valence-corrected chi connectivity index (χ1v) is 10.7. The molecule has 0 aliphatic heterocycles. The van der Waals surface area contributed by atoms with Crippen molar-refractivity contribution in [1.82, 2.24) is 24.5 Å². The number of imidazole rings is 1. The Hall–Kier alpha value is -3.91. The Kier molecular flexibility index (Phi) is 5.20. The van der Waals surface area contributed by atoms with Crippen molar-refractivity contribution in [3.63, 3.8) is 0 Å². The van der Waals surface area contributed by atoms with Crippen molar-refractivity contribution in [2.75, 3.05) is 5.32 Å². The molecule has 4 aromatic heterocycles. The largest absolute Gasteiger partial charge is 0.310 e. The third-order valence-electron chi connectivity index (χ3n) is 4.86. The topological polar surface area (TPSA) is 85.6 Å². The van der Waals surface area contributed by atoms with E-state index in [2.05, 4.69) is 25.3 Å². The van der Waals surface area contributed by atoms with E-state index in [9.17, 15) is 4.79 Å². The molecule has 1 amide bonds. The zero-order chi connectivity index (χ0) is 21.0. The first-order valence-electron chi connectivity index (χ1n) is 9.80. The average Bonchev–Trinajstić information content (AvgIpc) is 3.44. The summed E-state index contributed by atoms with van der Waals surface area (Å²) in [5.74, 6) is 0.214. The monoisotopic (exact) mass is 426 g/mol. The molecule has 7 nitrogen and oxygen atoms in total. The van der Waals surface area contributed by atoms with Crippen LogP contribution in [0.2, 0.25) is 0 Å². The minimum Gasteiger partial charge on any atom is -0.310 e. The maximum atomic E-state index is 12.9. The zero-order valence-electron chi connectivity index (χ0n) is 16.5. The van der Waals surface area contributed by atoms with Gasteiger partial charge in [0.15, 0.2) is 0 Å². The SMILES string of the molecule is O=C(Nc1nc2ccccc2n1CCc1ccccn1)c1csc(-c2ccncc2)n1. The molecule has 0 unspecified atom stereocenters. The van der Waals surface area contributed by atoms with Crippen LogP contribution < -0.4 is 5.32 Å². The minimum atomic E-state index is -0.286. The van der Waals surface area contributed by atoms with Gasteiger partial charge in [-0.1, -0.05) is 18.2 Å². The number of hydrogen-bond donors (Lipinski definition) is 1. The minimum absolute atomic E-state index is 0.286. The van der Waals surface area contributed by atoms with Gasteiger partial charge in [-0.05, 0) is 36.4 Å². The molecular weight excluding hydrogens is 408 g/mol. The van der Waals surface area contributed by atoms with Gasteiger partial charge in [0.25, 0.3) is 5.91 Å². The molecule has 1 aromatic carbocycles. The predicted molar refractivity (Wildman–Crippen MR) is 121 cm³/mol. The molecule has 0 spiro atoms. The van der Waals surface area contributed by atoms with Crippen molar-refractivity contribution in [2.24, 2.45) is 0 Å². The van der Waals surface area contributed by atoms with Crippen LogP contribution in [-0.4, -0.2) is 30.4 Å². The molecule has 0 fully saturated rings. The third kappa shape index (κ3) is 4.06. The number of fused-ring (bicyclic) bond motifs is 1. The van der Waals surface area contributed by atoms with Crippen molar-refractivity contribution < 1.29 is 4.79 Å². The standard InChI is InChI=1S/C23H18N6OS/c30-21(19-15-31-22(26-19)16-8-12-24-13-9-16)28-23-27-18-6-1-2-7-20(18)29(23)14-10-17-5-3-4-11-25-17/h1-9,11-13,15H,10,14H2,(H,27,28,30). The molecule has 8 heteroatoms. The van der Waals surface area contributed by atoms with E-state index in [4.69, 9.17) is 0 Å². The summed E-state index contributed by atoms with van der Waals surface area (Å²) < 4.78 is 2.01. The van der Waals surface area contributed by atoms with Crippen LogP contribution in [0, 0.1) is 0 Å². The van der Waals surface area contributed by atoms with Crippen LogP contribution in [0.1, 0.15) is 16.2 Å². The molecule has 5 aromatic rings. The number of carbonyl (C=O) groups is 1. The molecule has 0 atom stereocenters. The van der Waals surface area contributed by atoms with Crippen LogP contribution in [-0.2, 0) is 13.0 Å². The highest BCUT2D eigenvalue weighted by molar-refractivity contribution is 7.13. The highest BCUT2D eigenvalue weighted by Gasteiger charge is 2.17. The van der Waals surface area contributed by atoms with Crippen LogP contribution in [0.15, 0.2) is 78.6 Å². The smallest absolute Gasteiger partial charge is 0.277 e.